The van der Waals surface area contributed by atoms with Crippen LogP contribution in [0.1, 0.15) is 12.8 Å². The average molecular weight is 244 g/mol. The first-order valence-corrected chi connectivity index (χ1v) is 5.79. The summed E-state index contributed by atoms with van der Waals surface area (Å²) >= 11 is 0. The van der Waals surface area contributed by atoms with Gasteiger partial charge in [-0.3, -0.25) is 10.1 Å². The molecule has 0 saturated carbocycles. The van der Waals surface area contributed by atoms with Crippen LogP contribution in [0.15, 0.2) is 0 Å². The molecule has 1 aliphatic rings. The van der Waals surface area contributed by atoms with E-state index in [1.54, 1.807) is 7.05 Å². The van der Waals surface area contributed by atoms with Crippen LogP contribution >= 0.6 is 0 Å². The first-order chi connectivity index (χ1) is 8.06. The second kappa shape index (κ2) is 6.56. The Kier molecular flexibility index (Phi) is 5.37. The summed E-state index contributed by atoms with van der Waals surface area (Å²) in [7, 11) is 3.12. The Morgan fingerprint density at radius 1 is 1.47 bits per heavy atom. The van der Waals surface area contributed by atoms with Gasteiger partial charge < -0.3 is 14.7 Å². The smallest absolute Gasteiger partial charge is 0.330 e. The van der Waals surface area contributed by atoms with Gasteiger partial charge in [-0.05, 0) is 25.8 Å². The number of carbonyl (C=O) groups is 2. The van der Waals surface area contributed by atoms with E-state index >= 15 is 0 Å². The normalized spacial score (nSPS) is 18.7. The number of carboxylic acids is 1. The molecule has 1 aliphatic heterocycles. The first-order valence-electron chi connectivity index (χ1n) is 5.79. The average Bonchev–Trinajstić information content (AvgIpc) is 2.30. The van der Waals surface area contributed by atoms with Crippen LogP contribution in [0.4, 0.5) is 0 Å². The van der Waals surface area contributed by atoms with Crippen molar-refractivity contribution in [3.63, 3.8) is 0 Å². The van der Waals surface area contributed by atoms with Gasteiger partial charge >= 0.3 is 5.97 Å². The van der Waals surface area contributed by atoms with Crippen molar-refractivity contribution in [2.75, 3.05) is 33.9 Å². The van der Waals surface area contributed by atoms with E-state index in [1.807, 2.05) is 0 Å². The summed E-state index contributed by atoms with van der Waals surface area (Å²) in [5.41, 5.74) is 0. The molecule has 1 rings (SSSR count). The van der Waals surface area contributed by atoms with Crippen LogP contribution < -0.4 is 5.32 Å². The van der Waals surface area contributed by atoms with Crippen LogP contribution in [0.3, 0.4) is 0 Å². The predicted octanol–water partition coefficient (Wildman–Crippen LogP) is -0.456. The first kappa shape index (κ1) is 13.9. The van der Waals surface area contributed by atoms with Crippen molar-refractivity contribution in [2.45, 2.75) is 18.9 Å². The van der Waals surface area contributed by atoms with Gasteiger partial charge in [-0.25, -0.2) is 4.79 Å². The lowest BCUT2D eigenvalue weighted by Gasteiger charge is -2.28. The van der Waals surface area contributed by atoms with Gasteiger partial charge in [0.1, 0.15) is 0 Å². The summed E-state index contributed by atoms with van der Waals surface area (Å²) in [6.07, 6.45) is 1.85. The van der Waals surface area contributed by atoms with E-state index in [1.165, 1.54) is 11.9 Å². The van der Waals surface area contributed by atoms with E-state index in [4.69, 9.17) is 9.84 Å². The number of carboxylic acid groups (broad SMARTS) is 1. The minimum Gasteiger partial charge on any atom is -0.480 e. The molecule has 0 spiro atoms. The van der Waals surface area contributed by atoms with Crippen LogP contribution in [-0.4, -0.2) is 61.8 Å². The fourth-order valence-electron chi connectivity index (χ4n) is 1.98. The van der Waals surface area contributed by atoms with E-state index in [0.717, 1.165) is 26.1 Å². The lowest BCUT2D eigenvalue weighted by Crippen LogP contribution is -2.49. The van der Waals surface area contributed by atoms with Crippen molar-refractivity contribution < 1.29 is 19.4 Å². The lowest BCUT2D eigenvalue weighted by atomic mass is 9.99. The summed E-state index contributed by atoms with van der Waals surface area (Å²) in [6.45, 7) is 2.04. The van der Waals surface area contributed by atoms with Gasteiger partial charge in [0.2, 0.25) is 0 Å². The quantitative estimate of drug-likeness (QED) is 0.640. The molecule has 0 aromatic rings. The third-order valence-corrected chi connectivity index (χ3v) is 3.03. The maximum atomic E-state index is 11.8. The molecular weight excluding hydrogens is 224 g/mol. The highest BCUT2D eigenvalue weighted by atomic mass is 16.5. The number of ether oxygens (including phenoxy) is 1. The summed E-state index contributed by atoms with van der Waals surface area (Å²) in [5, 5.41) is 11.4. The molecule has 1 saturated heterocycles. The molecular formula is C11H20N2O4. The molecule has 0 bridgehead atoms. The van der Waals surface area contributed by atoms with Crippen LogP contribution in [0.5, 0.6) is 0 Å². The Morgan fingerprint density at radius 3 is 2.53 bits per heavy atom. The Balaban J connectivity index is 2.47. The fourth-order valence-corrected chi connectivity index (χ4v) is 1.98. The van der Waals surface area contributed by atoms with Crippen LogP contribution in [0.2, 0.25) is 0 Å². The van der Waals surface area contributed by atoms with E-state index in [9.17, 15) is 9.59 Å². The number of carbonyl (C=O) groups excluding carboxylic acids is 1. The third kappa shape index (κ3) is 3.98. The summed E-state index contributed by atoms with van der Waals surface area (Å²) in [5.74, 6) is -1.13. The molecule has 0 radical (unpaired) electrons. The minimum absolute atomic E-state index is 0.397. The van der Waals surface area contributed by atoms with Crippen molar-refractivity contribution in [1.82, 2.24) is 10.2 Å². The van der Waals surface area contributed by atoms with E-state index in [-0.39, 0.29) is 0 Å². The molecule has 0 aromatic heterocycles. The second-order valence-electron chi connectivity index (χ2n) is 4.33. The number of rotatable bonds is 5. The zero-order valence-electron chi connectivity index (χ0n) is 10.3. The van der Waals surface area contributed by atoms with Gasteiger partial charge in [0.25, 0.3) is 5.91 Å². The molecule has 6 nitrogen and oxygen atoms in total. The van der Waals surface area contributed by atoms with E-state index in [0.29, 0.717) is 12.5 Å². The van der Waals surface area contributed by atoms with Gasteiger partial charge in [-0.1, -0.05) is 0 Å². The molecule has 2 N–H and O–H groups in total. The van der Waals surface area contributed by atoms with Crippen molar-refractivity contribution >= 4 is 11.9 Å². The molecule has 1 atom stereocenters. The predicted molar refractivity (Wildman–Crippen MR) is 61.7 cm³/mol. The number of hydrogen-bond donors (Lipinski definition) is 2. The third-order valence-electron chi connectivity index (χ3n) is 3.03. The standard InChI is InChI=1S/C11H20N2O4/c1-12-9(11(15)16)10(14)13(2)7-8-3-5-17-6-4-8/h8-9,12H,3-7H2,1-2H3,(H,15,16). The summed E-state index contributed by atoms with van der Waals surface area (Å²) in [4.78, 5) is 24.2. The number of amides is 1. The minimum atomic E-state index is -1.15. The van der Waals surface area contributed by atoms with Gasteiger partial charge in [-0.2, -0.15) is 0 Å². The number of nitrogens with one attached hydrogen (secondary N) is 1. The Bertz CT molecular complexity index is 277. The number of nitrogens with zero attached hydrogens (tertiary/aromatic N) is 1. The topological polar surface area (TPSA) is 78.9 Å². The van der Waals surface area contributed by atoms with Gasteiger partial charge in [0.15, 0.2) is 6.04 Å². The van der Waals surface area contributed by atoms with Crippen LogP contribution in [0.25, 0.3) is 0 Å². The second-order valence-corrected chi connectivity index (χ2v) is 4.33. The highest BCUT2D eigenvalue weighted by Gasteiger charge is 2.28. The zero-order chi connectivity index (χ0) is 12.8. The fraction of sp³-hybridized carbons (Fsp3) is 0.818. The van der Waals surface area contributed by atoms with E-state index in [2.05, 4.69) is 5.32 Å². The Labute approximate surface area is 101 Å². The molecule has 1 fully saturated rings. The Hall–Kier alpha value is -1.14. The van der Waals surface area contributed by atoms with Crippen molar-refractivity contribution in [1.29, 1.82) is 0 Å². The highest BCUT2D eigenvalue weighted by molar-refractivity contribution is 6.00. The highest BCUT2D eigenvalue weighted by Crippen LogP contribution is 2.15. The lowest BCUT2D eigenvalue weighted by molar-refractivity contribution is -0.147. The maximum Gasteiger partial charge on any atom is 0.330 e. The molecule has 1 unspecified atom stereocenters. The summed E-state index contributed by atoms with van der Waals surface area (Å²) in [6, 6.07) is -1.15. The van der Waals surface area contributed by atoms with Crippen molar-refractivity contribution in [3.8, 4) is 0 Å². The number of hydrogen-bond acceptors (Lipinski definition) is 4. The van der Waals surface area contributed by atoms with Gasteiger partial charge in [-0.15, -0.1) is 0 Å². The van der Waals surface area contributed by atoms with Crippen molar-refractivity contribution in [2.24, 2.45) is 5.92 Å². The van der Waals surface area contributed by atoms with Gasteiger partial charge in [0.05, 0.1) is 0 Å². The number of aliphatic carboxylic acids is 1. The zero-order valence-corrected chi connectivity index (χ0v) is 10.3. The maximum absolute atomic E-state index is 11.8. The van der Waals surface area contributed by atoms with Gasteiger partial charge in [0, 0.05) is 26.8 Å². The molecule has 1 heterocycles. The van der Waals surface area contributed by atoms with Crippen molar-refractivity contribution in [3.05, 3.63) is 0 Å². The molecule has 17 heavy (non-hydrogen) atoms. The Morgan fingerprint density at radius 2 is 2.06 bits per heavy atom. The van der Waals surface area contributed by atoms with E-state index < -0.39 is 17.9 Å². The number of likely N-dealkylation sites (N-methyl/N-ethyl adjacent to an activating group) is 2. The largest absolute Gasteiger partial charge is 0.480 e. The molecule has 98 valence electrons. The monoisotopic (exact) mass is 244 g/mol. The van der Waals surface area contributed by atoms with Crippen LogP contribution in [0, 0.1) is 5.92 Å². The molecule has 1 amide bonds. The molecule has 0 aromatic carbocycles. The summed E-state index contributed by atoms with van der Waals surface area (Å²) < 4.78 is 5.24. The molecule has 6 heteroatoms. The SMILES string of the molecule is CNC(C(=O)O)C(=O)N(C)CC1CCOCC1. The van der Waals surface area contributed by atoms with Crippen LogP contribution in [-0.2, 0) is 14.3 Å². The molecule has 0 aliphatic carbocycles.